The molecule has 42 heavy (non-hydrogen) atoms. The van der Waals surface area contributed by atoms with Crippen LogP contribution in [0.2, 0.25) is 0 Å². The van der Waals surface area contributed by atoms with Crippen LogP contribution in [0.3, 0.4) is 0 Å². The lowest BCUT2D eigenvalue weighted by Gasteiger charge is -2.49. The van der Waals surface area contributed by atoms with Crippen LogP contribution in [-0.4, -0.2) is 52.9 Å². The first-order valence-electron chi connectivity index (χ1n) is 15.8. The van der Waals surface area contributed by atoms with Gasteiger partial charge in [0, 0.05) is 31.3 Å². The van der Waals surface area contributed by atoms with Crippen LogP contribution in [0.15, 0.2) is 59.8 Å². The van der Waals surface area contributed by atoms with Crippen LogP contribution >= 0.6 is 0 Å². The molecule has 7 heteroatoms. The van der Waals surface area contributed by atoms with Gasteiger partial charge in [0.05, 0.1) is 18.3 Å². The molecule has 2 N–H and O–H groups in total. The van der Waals surface area contributed by atoms with Crippen molar-refractivity contribution in [3.63, 3.8) is 0 Å². The standard InChI is InChI=1S/C35H54O7/c1-7-9-10-29-20-23-35(42-32(29)17-13-26(4)21-24-40-34(39)8-2)22-19-28(6)31(41-35)16-12-25(3)11-15-30(36)27(5)14-18-33(37)38/h11-15,17-18,21,27-32,36H,7-10,16,19-20,22-24H2,1-6H3,(H,37,38). The first-order valence-corrected chi connectivity index (χ1v) is 15.8. The number of hydrogen-bond acceptors (Lipinski definition) is 6. The number of unbranched alkanes of at least 4 members (excludes halogenated alkanes) is 1. The monoisotopic (exact) mass is 586 g/mol. The predicted octanol–water partition coefficient (Wildman–Crippen LogP) is 7.47. The highest BCUT2D eigenvalue weighted by atomic mass is 16.7. The fourth-order valence-corrected chi connectivity index (χ4v) is 5.41. The Labute approximate surface area is 253 Å². The number of esters is 1. The highest BCUT2D eigenvalue weighted by Gasteiger charge is 2.46. The molecule has 0 radical (unpaired) electrons. The number of ether oxygens (including phenoxy) is 3. The van der Waals surface area contributed by atoms with Crippen molar-refractivity contribution in [1.82, 2.24) is 0 Å². The molecule has 7 atom stereocenters. The van der Waals surface area contributed by atoms with Crippen molar-refractivity contribution < 1.29 is 34.0 Å². The van der Waals surface area contributed by atoms with Gasteiger partial charge in [-0.1, -0.05) is 88.1 Å². The van der Waals surface area contributed by atoms with Gasteiger partial charge in [0.25, 0.3) is 0 Å². The first-order chi connectivity index (χ1) is 20.0. The number of aliphatic hydroxyl groups excluding tert-OH is 1. The number of carboxylic acids is 1. The molecule has 2 saturated heterocycles. The molecular weight excluding hydrogens is 532 g/mol. The van der Waals surface area contributed by atoms with Crippen LogP contribution in [0.25, 0.3) is 0 Å². The maximum atomic E-state index is 11.4. The summed E-state index contributed by atoms with van der Waals surface area (Å²) in [4.78, 5) is 22.2. The Morgan fingerprint density at radius 2 is 1.74 bits per heavy atom. The van der Waals surface area contributed by atoms with Gasteiger partial charge in [0.2, 0.25) is 0 Å². The molecule has 0 aliphatic carbocycles. The molecule has 0 aromatic rings. The zero-order valence-corrected chi connectivity index (χ0v) is 26.6. The van der Waals surface area contributed by atoms with E-state index >= 15 is 0 Å². The number of carbonyl (C=O) groups is 2. The minimum absolute atomic E-state index is 0.0280. The third-order valence-electron chi connectivity index (χ3n) is 8.42. The molecule has 0 saturated carbocycles. The highest BCUT2D eigenvalue weighted by molar-refractivity contribution is 5.79. The van der Waals surface area contributed by atoms with E-state index in [1.807, 2.05) is 26.0 Å². The smallest absolute Gasteiger partial charge is 0.327 e. The number of aliphatic carboxylic acids is 1. The number of aliphatic hydroxyl groups is 1. The molecule has 236 valence electrons. The van der Waals surface area contributed by atoms with Gasteiger partial charge in [-0.25, -0.2) is 4.79 Å². The molecule has 7 unspecified atom stereocenters. The van der Waals surface area contributed by atoms with Gasteiger partial charge in [-0.2, -0.15) is 0 Å². The van der Waals surface area contributed by atoms with Gasteiger partial charge in [0.15, 0.2) is 5.79 Å². The van der Waals surface area contributed by atoms with E-state index in [4.69, 9.17) is 19.3 Å². The molecular formula is C35H54O7. The Balaban J connectivity index is 2.07. The minimum atomic E-state index is -1.02. The number of carboxylic acid groups (broad SMARTS) is 1. The van der Waals surface area contributed by atoms with Crippen LogP contribution in [0.5, 0.6) is 0 Å². The molecule has 2 rings (SSSR count). The van der Waals surface area contributed by atoms with E-state index in [2.05, 4.69) is 32.1 Å². The van der Waals surface area contributed by atoms with Crippen molar-refractivity contribution in [2.45, 2.75) is 123 Å². The van der Waals surface area contributed by atoms with Crippen molar-refractivity contribution in [3.05, 3.63) is 59.8 Å². The van der Waals surface area contributed by atoms with E-state index in [1.165, 1.54) is 12.5 Å². The molecule has 0 aromatic heterocycles. The van der Waals surface area contributed by atoms with Gasteiger partial charge < -0.3 is 24.4 Å². The SMILES string of the molecule is CCCCC1CCC2(CCC(C)C(CC=C(C)C=CC(O)C(C)C=CC(=O)O)O2)OC1C=CC(C)=CCOC(=O)CC. The van der Waals surface area contributed by atoms with Gasteiger partial charge in [-0.3, -0.25) is 4.79 Å². The molecule has 2 aliphatic heterocycles. The van der Waals surface area contributed by atoms with E-state index in [1.54, 1.807) is 19.9 Å². The fraction of sp³-hybridized carbons (Fsp3) is 0.657. The molecule has 1 spiro atoms. The van der Waals surface area contributed by atoms with Crippen LogP contribution in [0.4, 0.5) is 0 Å². The maximum Gasteiger partial charge on any atom is 0.327 e. The van der Waals surface area contributed by atoms with Crippen LogP contribution < -0.4 is 0 Å². The summed E-state index contributed by atoms with van der Waals surface area (Å²) in [5.41, 5.74) is 2.06. The molecule has 2 heterocycles. The topological polar surface area (TPSA) is 102 Å². The van der Waals surface area contributed by atoms with E-state index in [-0.39, 0.29) is 30.7 Å². The molecule has 2 fully saturated rings. The molecule has 0 aromatic carbocycles. The second-order valence-electron chi connectivity index (χ2n) is 12.0. The van der Waals surface area contributed by atoms with Gasteiger partial charge in [-0.15, -0.1) is 0 Å². The maximum absolute atomic E-state index is 11.4. The molecule has 0 amide bonds. The lowest BCUT2D eigenvalue weighted by molar-refractivity contribution is -0.324. The number of carbonyl (C=O) groups excluding carboxylic acids is 1. The van der Waals surface area contributed by atoms with E-state index < -0.39 is 17.9 Å². The van der Waals surface area contributed by atoms with Gasteiger partial charge in [0.1, 0.15) is 6.61 Å². The van der Waals surface area contributed by atoms with Crippen LogP contribution in [-0.2, 0) is 23.8 Å². The summed E-state index contributed by atoms with van der Waals surface area (Å²) in [6.07, 6.45) is 22.2. The van der Waals surface area contributed by atoms with Crippen molar-refractivity contribution in [2.24, 2.45) is 17.8 Å². The van der Waals surface area contributed by atoms with E-state index in [0.717, 1.165) is 62.2 Å². The number of rotatable bonds is 15. The Kier molecular flexibility index (Phi) is 15.5. The van der Waals surface area contributed by atoms with Gasteiger partial charge >= 0.3 is 11.9 Å². The quantitative estimate of drug-likeness (QED) is 0.117. The summed E-state index contributed by atoms with van der Waals surface area (Å²) in [6, 6.07) is 0. The highest BCUT2D eigenvalue weighted by Crippen LogP contribution is 2.45. The fourth-order valence-electron chi connectivity index (χ4n) is 5.41. The molecule has 0 bridgehead atoms. The first kappa shape index (κ1) is 35.7. The third-order valence-corrected chi connectivity index (χ3v) is 8.42. The third kappa shape index (κ3) is 12.4. The van der Waals surface area contributed by atoms with Gasteiger partial charge in [-0.05, 0) is 57.4 Å². The second-order valence-corrected chi connectivity index (χ2v) is 12.0. The van der Waals surface area contributed by atoms with Crippen molar-refractivity contribution >= 4 is 11.9 Å². The number of allylic oxidation sites excluding steroid dienone is 4. The average molecular weight is 587 g/mol. The zero-order valence-electron chi connectivity index (χ0n) is 26.6. The van der Waals surface area contributed by atoms with Crippen molar-refractivity contribution in [2.75, 3.05) is 6.61 Å². The van der Waals surface area contributed by atoms with Crippen LogP contribution in [0, 0.1) is 17.8 Å². The predicted molar refractivity (Wildman–Crippen MR) is 167 cm³/mol. The summed E-state index contributed by atoms with van der Waals surface area (Å²) in [5.74, 6) is -1.24. The van der Waals surface area contributed by atoms with E-state index in [9.17, 15) is 14.7 Å². The Morgan fingerprint density at radius 1 is 1.02 bits per heavy atom. The summed E-state index contributed by atoms with van der Waals surface area (Å²) < 4.78 is 18.8. The lowest BCUT2D eigenvalue weighted by atomic mass is 9.81. The lowest BCUT2D eigenvalue weighted by Crippen LogP contribution is -2.52. The summed E-state index contributed by atoms with van der Waals surface area (Å²) in [6.45, 7) is 12.3. The average Bonchev–Trinajstić information content (AvgIpc) is 2.97. The zero-order chi connectivity index (χ0) is 31.1. The molecule has 7 nitrogen and oxygen atoms in total. The summed E-state index contributed by atoms with van der Waals surface area (Å²) >= 11 is 0. The van der Waals surface area contributed by atoms with Crippen LogP contribution in [0.1, 0.15) is 99.3 Å². The molecule has 2 aliphatic rings. The summed E-state index contributed by atoms with van der Waals surface area (Å²) in [5, 5.41) is 19.1. The minimum Gasteiger partial charge on any atom is -0.478 e. The summed E-state index contributed by atoms with van der Waals surface area (Å²) in [7, 11) is 0. The van der Waals surface area contributed by atoms with Crippen molar-refractivity contribution in [3.8, 4) is 0 Å². The Morgan fingerprint density at radius 3 is 2.43 bits per heavy atom. The Bertz CT molecular complexity index is 1010. The van der Waals surface area contributed by atoms with Crippen molar-refractivity contribution in [1.29, 1.82) is 0 Å². The number of hydrogen-bond donors (Lipinski definition) is 2. The second kappa shape index (κ2) is 18.2. The largest absolute Gasteiger partial charge is 0.478 e. The van der Waals surface area contributed by atoms with E-state index in [0.29, 0.717) is 18.3 Å². The normalized spacial score (nSPS) is 29.0. The Hall–Kier alpha value is -2.48.